The number of hydrogen-bond donors (Lipinski definition) is 2. The van der Waals surface area contributed by atoms with E-state index in [0.717, 1.165) is 26.1 Å². The molecule has 1 aromatic carbocycles. The van der Waals surface area contributed by atoms with Crippen LogP contribution in [0.2, 0.25) is 0 Å². The van der Waals surface area contributed by atoms with Crippen molar-refractivity contribution in [3.63, 3.8) is 0 Å². The number of nitrogens with two attached hydrogens (primary N) is 1. The zero-order valence-corrected chi connectivity index (χ0v) is 13.2. The third-order valence-corrected chi connectivity index (χ3v) is 4.90. The van der Waals surface area contributed by atoms with Gasteiger partial charge >= 0.3 is 0 Å². The summed E-state index contributed by atoms with van der Waals surface area (Å²) < 4.78 is 0. The highest BCUT2D eigenvalue weighted by Crippen LogP contribution is 2.37. The van der Waals surface area contributed by atoms with Gasteiger partial charge in [-0.05, 0) is 56.2 Å². The molecule has 0 aliphatic heterocycles. The van der Waals surface area contributed by atoms with Crippen LogP contribution in [0.1, 0.15) is 44.1 Å². The van der Waals surface area contributed by atoms with Gasteiger partial charge in [-0.25, -0.2) is 0 Å². The fourth-order valence-corrected chi connectivity index (χ4v) is 3.82. The molecular formula is C18H30N2O. The minimum atomic E-state index is 0.240. The summed E-state index contributed by atoms with van der Waals surface area (Å²) in [4.78, 5) is 2.46. The van der Waals surface area contributed by atoms with Crippen LogP contribution in [0.4, 0.5) is 0 Å². The van der Waals surface area contributed by atoms with Crippen LogP contribution >= 0.6 is 0 Å². The zero-order chi connectivity index (χ0) is 15.1. The molecule has 1 fully saturated rings. The van der Waals surface area contributed by atoms with Crippen LogP contribution in [0.25, 0.3) is 0 Å². The topological polar surface area (TPSA) is 49.5 Å². The van der Waals surface area contributed by atoms with Crippen LogP contribution in [-0.2, 0) is 0 Å². The quantitative estimate of drug-likeness (QED) is 0.811. The summed E-state index contributed by atoms with van der Waals surface area (Å²) in [5.41, 5.74) is 7.48. The Hall–Kier alpha value is -0.900. The molecule has 0 bridgehead atoms. The molecule has 0 radical (unpaired) electrons. The Balaban J connectivity index is 2.11. The lowest BCUT2D eigenvalue weighted by molar-refractivity contribution is 0.0791. The predicted octanol–water partition coefficient (Wildman–Crippen LogP) is 2.60. The van der Waals surface area contributed by atoms with Crippen LogP contribution in [0.5, 0.6) is 0 Å². The third-order valence-electron chi connectivity index (χ3n) is 4.90. The summed E-state index contributed by atoms with van der Waals surface area (Å²) in [5.74, 6) is 1.21. The molecule has 118 valence electrons. The van der Waals surface area contributed by atoms with E-state index >= 15 is 0 Å². The van der Waals surface area contributed by atoms with Gasteiger partial charge < -0.3 is 10.8 Å². The van der Waals surface area contributed by atoms with Gasteiger partial charge in [0.05, 0.1) is 6.61 Å². The normalized spacial score (nSPS) is 26.2. The molecule has 0 saturated heterocycles. The van der Waals surface area contributed by atoms with E-state index in [1.807, 2.05) is 0 Å². The maximum atomic E-state index is 9.36. The molecule has 0 spiro atoms. The summed E-state index contributed by atoms with van der Waals surface area (Å²) in [6.45, 7) is 5.04. The number of nitrogens with zero attached hydrogens (tertiary/aromatic N) is 1. The third kappa shape index (κ3) is 4.29. The van der Waals surface area contributed by atoms with Crippen LogP contribution in [0.15, 0.2) is 30.3 Å². The average Bonchev–Trinajstić information content (AvgIpc) is 2.55. The molecule has 3 nitrogen and oxygen atoms in total. The number of rotatable bonds is 7. The number of hydrogen-bond acceptors (Lipinski definition) is 3. The van der Waals surface area contributed by atoms with Gasteiger partial charge in [-0.15, -0.1) is 0 Å². The van der Waals surface area contributed by atoms with Gasteiger partial charge in [0.2, 0.25) is 0 Å². The van der Waals surface area contributed by atoms with E-state index < -0.39 is 0 Å². The van der Waals surface area contributed by atoms with Crippen molar-refractivity contribution in [3.8, 4) is 0 Å². The first-order valence-electron chi connectivity index (χ1n) is 8.40. The van der Waals surface area contributed by atoms with Crippen molar-refractivity contribution in [3.05, 3.63) is 35.9 Å². The molecule has 0 heterocycles. The molecule has 3 N–H and O–H groups in total. The van der Waals surface area contributed by atoms with Crippen LogP contribution in [-0.4, -0.2) is 42.3 Å². The first kappa shape index (κ1) is 16.5. The molecule has 1 aliphatic carbocycles. The van der Waals surface area contributed by atoms with E-state index in [9.17, 15) is 5.11 Å². The number of aliphatic hydroxyl groups is 1. The van der Waals surface area contributed by atoms with Crippen molar-refractivity contribution < 1.29 is 5.11 Å². The molecule has 3 atom stereocenters. The maximum Gasteiger partial charge on any atom is 0.0558 e. The minimum Gasteiger partial charge on any atom is -0.395 e. The molecule has 21 heavy (non-hydrogen) atoms. The number of benzene rings is 1. The second-order valence-corrected chi connectivity index (χ2v) is 6.24. The van der Waals surface area contributed by atoms with Gasteiger partial charge in [0.1, 0.15) is 0 Å². The van der Waals surface area contributed by atoms with E-state index in [-0.39, 0.29) is 6.61 Å². The highest BCUT2D eigenvalue weighted by Gasteiger charge is 2.33. The predicted molar refractivity (Wildman–Crippen MR) is 88.3 cm³/mol. The van der Waals surface area contributed by atoms with Gasteiger partial charge in [0, 0.05) is 12.6 Å². The minimum absolute atomic E-state index is 0.240. The second-order valence-electron chi connectivity index (χ2n) is 6.24. The lowest BCUT2D eigenvalue weighted by atomic mass is 9.74. The fourth-order valence-electron chi connectivity index (χ4n) is 3.82. The van der Waals surface area contributed by atoms with Crippen molar-refractivity contribution >= 4 is 0 Å². The molecule has 1 aliphatic rings. The largest absolute Gasteiger partial charge is 0.395 e. The van der Waals surface area contributed by atoms with Gasteiger partial charge in [-0.1, -0.05) is 37.3 Å². The van der Waals surface area contributed by atoms with Gasteiger partial charge in [-0.3, -0.25) is 4.90 Å². The molecule has 1 saturated carbocycles. The Bertz CT molecular complexity index is 389. The molecule has 1 aromatic rings. The smallest absolute Gasteiger partial charge is 0.0558 e. The SMILES string of the molecule is CCCN(CCO)C1CC(c2ccccc2)CCC1CN. The molecule has 0 aromatic heterocycles. The lowest BCUT2D eigenvalue weighted by Crippen LogP contribution is -2.47. The van der Waals surface area contributed by atoms with E-state index in [0.29, 0.717) is 17.9 Å². The fraction of sp³-hybridized carbons (Fsp3) is 0.667. The Kier molecular flexibility index (Phi) is 6.68. The van der Waals surface area contributed by atoms with Gasteiger partial charge in [0.25, 0.3) is 0 Å². The van der Waals surface area contributed by atoms with Crippen molar-refractivity contribution in [2.45, 2.75) is 44.6 Å². The van der Waals surface area contributed by atoms with Crippen LogP contribution < -0.4 is 5.73 Å². The summed E-state index contributed by atoms with van der Waals surface area (Å²) in [7, 11) is 0. The summed E-state index contributed by atoms with van der Waals surface area (Å²) in [6, 6.07) is 11.4. The zero-order valence-electron chi connectivity index (χ0n) is 13.2. The van der Waals surface area contributed by atoms with Crippen molar-refractivity contribution in [2.24, 2.45) is 11.7 Å². The Morgan fingerprint density at radius 3 is 2.57 bits per heavy atom. The Morgan fingerprint density at radius 1 is 1.19 bits per heavy atom. The monoisotopic (exact) mass is 290 g/mol. The highest BCUT2D eigenvalue weighted by molar-refractivity contribution is 5.20. The molecule has 3 unspecified atom stereocenters. The molecule has 2 rings (SSSR count). The van der Waals surface area contributed by atoms with Gasteiger partial charge in [0.15, 0.2) is 0 Å². The highest BCUT2D eigenvalue weighted by atomic mass is 16.3. The standard InChI is InChI=1S/C18H30N2O/c1-2-10-20(11-12-21)18-13-16(8-9-17(18)14-19)15-6-4-3-5-7-15/h3-7,16-18,21H,2,8-14,19H2,1H3. The lowest BCUT2D eigenvalue weighted by Gasteiger charge is -2.42. The van der Waals surface area contributed by atoms with Crippen LogP contribution in [0.3, 0.4) is 0 Å². The van der Waals surface area contributed by atoms with E-state index in [1.54, 1.807) is 0 Å². The number of aliphatic hydroxyl groups excluding tert-OH is 1. The molecule has 0 amide bonds. The first-order chi connectivity index (χ1) is 10.3. The van der Waals surface area contributed by atoms with Gasteiger partial charge in [-0.2, -0.15) is 0 Å². The first-order valence-corrected chi connectivity index (χ1v) is 8.40. The van der Waals surface area contributed by atoms with Crippen LogP contribution in [0, 0.1) is 5.92 Å². The second kappa shape index (κ2) is 8.52. The van der Waals surface area contributed by atoms with Crippen molar-refractivity contribution in [2.75, 3.05) is 26.2 Å². The van der Waals surface area contributed by atoms with E-state index in [4.69, 9.17) is 5.73 Å². The van der Waals surface area contributed by atoms with E-state index in [2.05, 4.69) is 42.2 Å². The van der Waals surface area contributed by atoms with E-state index in [1.165, 1.54) is 24.8 Å². The van der Waals surface area contributed by atoms with Crippen molar-refractivity contribution in [1.82, 2.24) is 4.90 Å². The van der Waals surface area contributed by atoms with Crippen molar-refractivity contribution in [1.29, 1.82) is 0 Å². The molecule has 3 heteroatoms. The Morgan fingerprint density at radius 2 is 1.95 bits per heavy atom. The summed E-state index contributed by atoms with van der Waals surface area (Å²) >= 11 is 0. The summed E-state index contributed by atoms with van der Waals surface area (Å²) in [5, 5.41) is 9.36. The average molecular weight is 290 g/mol. The summed E-state index contributed by atoms with van der Waals surface area (Å²) in [6.07, 6.45) is 4.74. The molecular weight excluding hydrogens is 260 g/mol. The Labute approximate surface area is 129 Å². The maximum absolute atomic E-state index is 9.36.